The molecule has 4 rings (SSSR count). The van der Waals surface area contributed by atoms with Crippen LogP contribution in [0, 0.1) is 6.92 Å². The van der Waals surface area contributed by atoms with Crippen LogP contribution in [0.1, 0.15) is 22.3 Å². The van der Waals surface area contributed by atoms with Crippen molar-refractivity contribution in [3.63, 3.8) is 0 Å². The Morgan fingerprint density at radius 3 is 2.72 bits per heavy atom. The van der Waals surface area contributed by atoms with E-state index >= 15 is 0 Å². The number of nitrogens with one attached hydrogen (secondary N) is 1. The molecule has 0 spiro atoms. The summed E-state index contributed by atoms with van der Waals surface area (Å²) >= 11 is 0. The molecule has 6 heteroatoms. The van der Waals surface area contributed by atoms with Gasteiger partial charge in [0.15, 0.2) is 11.0 Å². The van der Waals surface area contributed by atoms with Crippen LogP contribution in [0.25, 0.3) is 22.3 Å². The first kappa shape index (κ1) is 18.7. The maximum absolute atomic E-state index is 12.9. The molecule has 0 saturated carbocycles. The Bertz CT molecular complexity index is 1200. The number of carbonyl (C=O) groups is 1. The van der Waals surface area contributed by atoms with Gasteiger partial charge in [-0.2, -0.15) is 0 Å². The van der Waals surface area contributed by atoms with E-state index in [4.69, 9.17) is 4.42 Å². The minimum atomic E-state index is -0.257. The van der Waals surface area contributed by atoms with Gasteiger partial charge >= 0.3 is 0 Å². The Hall–Kier alpha value is -3.67. The summed E-state index contributed by atoms with van der Waals surface area (Å²) < 4.78 is 8.06. The summed E-state index contributed by atoms with van der Waals surface area (Å²) in [5, 5.41) is 3.32. The third-order valence-electron chi connectivity index (χ3n) is 4.86. The molecule has 0 aliphatic heterocycles. The number of hydrogen-bond acceptors (Lipinski definition) is 4. The molecule has 1 amide bonds. The van der Waals surface area contributed by atoms with E-state index in [-0.39, 0.29) is 11.3 Å². The maximum atomic E-state index is 12.9. The highest BCUT2D eigenvalue weighted by molar-refractivity contribution is 6.05. The van der Waals surface area contributed by atoms with Crippen LogP contribution in [0.3, 0.4) is 0 Å². The number of amides is 1. The highest BCUT2D eigenvalue weighted by atomic mass is 16.3. The Balaban J connectivity index is 1.63. The summed E-state index contributed by atoms with van der Waals surface area (Å²) in [6, 6.07) is 14.5. The molecule has 6 nitrogen and oxygen atoms in total. The minimum Gasteiger partial charge on any atom is -0.455 e. The van der Waals surface area contributed by atoms with Crippen molar-refractivity contribution in [2.75, 3.05) is 6.54 Å². The molecule has 146 valence electrons. The number of para-hydroxylation sites is 1. The minimum absolute atomic E-state index is 0.125. The van der Waals surface area contributed by atoms with Crippen LogP contribution in [-0.4, -0.2) is 22.0 Å². The first-order valence-electron chi connectivity index (χ1n) is 9.51. The molecular formula is C23H21N3O3. The van der Waals surface area contributed by atoms with Crippen LogP contribution in [0.15, 0.2) is 76.5 Å². The molecule has 1 N–H and O–H groups in total. The van der Waals surface area contributed by atoms with E-state index in [1.165, 1.54) is 0 Å². The number of aromatic nitrogens is 2. The van der Waals surface area contributed by atoms with Crippen molar-refractivity contribution in [3.05, 3.63) is 88.6 Å². The smallest absolute Gasteiger partial charge is 0.255 e. The van der Waals surface area contributed by atoms with Crippen molar-refractivity contribution in [2.45, 2.75) is 19.9 Å². The topological polar surface area (TPSA) is 77.1 Å². The lowest BCUT2D eigenvalue weighted by atomic mass is 10.0. The monoisotopic (exact) mass is 387 g/mol. The lowest BCUT2D eigenvalue weighted by Crippen LogP contribution is -2.25. The summed E-state index contributed by atoms with van der Waals surface area (Å²) in [4.78, 5) is 29.7. The molecule has 0 radical (unpaired) electrons. The van der Waals surface area contributed by atoms with E-state index in [2.05, 4.69) is 10.3 Å². The molecule has 0 atom stereocenters. The van der Waals surface area contributed by atoms with E-state index in [9.17, 15) is 9.59 Å². The van der Waals surface area contributed by atoms with Crippen molar-refractivity contribution in [1.29, 1.82) is 0 Å². The number of fused-ring (bicyclic) bond motifs is 1. The molecule has 0 saturated heterocycles. The molecule has 0 fully saturated rings. The second kappa shape index (κ2) is 8.14. The van der Waals surface area contributed by atoms with Crippen LogP contribution in [-0.2, 0) is 6.54 Å². The van der Waals surface area contributed by atoms with Crippen LogP contribution in [0.4, 0.5) is 0 Å². The molecule has 0 bridgehead atoms. The highest BCUT2D eigenvalue weighted by Gasteiger charge is 2.18. The zero-order chi connectivity index (χ0) is 20.2. The lowest BCUT2D eigenvalue weighted by molar-refractivity contribution is 0.0953. The number of carbonyl (C=O) groups excluding carboxylic acids is 1. The van der Waals surface area contributed by atoms with Crippen molar-refractivity contribution >= 4 is 16.9 Å². The average molecular weight is 387 g/mol. The van der Waals surface area contributed by atoms with E-state index < -0.39 is 0 Å². The maximum Gasteiger partial charge on any atom is 0.255 e. The van der Waals surface area contributed by atoms with Gasteiger partial charge in [0.2, 0.25) is 0 Å². The molecular weight excluding hydrogens is 366 g/mol. The number of hydrogen-bond donors (Lipinski definition) is 1. The zero-order valence-electron chi connectivity index (χ0n) is 16.1. The summed E-state index contributed by atoms with van der Waals surface area (Å²) in [5.41, 5.74) is 1.88. The Morgan fingerprint density at radius 2 is 1.97 bits per heavy atom. The first-order valence-corrected chi connectivity index (χ1v) is 9.51. The van der Waals surface area contributed by atoms with Crippen LogP contribution < -0.4 is 10.7 Å². The summed E-state index contributed by atoms with van der Waals surface area (Å²) in [6.45, 7) is 3.02. The van der Waals surface area contributed by atoms with Crippen molar-refractivity contribution in [2.24, 2.45) is 0 Å². The number of nitrogens with zero attached hydrogens (tertiary/aromatic N) is 2. The van der Waals surface area contributed by atoms with Gasteiger partial charge in [-0.3, -0.25) is 9.59 Å². The van der Waals surface area contributed by atoms with Crippen LogP contribution in [0.5, 0.6) is 0 Å². The van der Waals surface area contributed by atoms with E-state index in [1.807, 2.05) is 41.1 Å². The van der Waals surface area contributed by atoms with E-state index in [0.717, 1.165) is 18.5 Å². The highest BCUT2D eigenvalue weighted by Crippen LogP contribution is 2.27. The summed E-state index contributed by atoms with van der Waals surface area (Å²) in [5.74, 6) is 0.232. The summed E-state index contributed by atoms with van der Waals surface area (Å²) in [7, 11) is 0. The van der Waals surface area contributed by atoms with Gasteiger partial charge in [0.05, 0.1) is 17.3 Å². The summed E-state index contributed by atoms with van der Waals surface area (Å²) in [6.07, 6.45) is 6.12. The molecule has 0 aliphatic rings. The fourth-order valence-electron chi connectivity index (χ4n) is 3.33. The zero-order valence-corrected chi connectivity index (χ0v) is 16.1. The van der Waals surface area contributed by atoms with Gasteiger partial charge in [0.1, 0.15) is 5.76 Å². The fourth-order valence-corrected chi connectivity index (χ4v) is 3.33. The van der Waals surface area contributed by atoms with Gasteiger partial charge in [-0.1, -0.05) is 36.4 Å². The van der Waals surface area contributed by atoms with Gasteiger partial charge in [-0.15, -0.1) is 0 Å². The van der Waals surface area contributed by atoms with E-state index in [1.54, 1.807) is 37.6 Å². The predicted octanol–water partition coefficient (Wildman–Crippen LogP) is 3.79. The molecule has 2 aromatic carbocycles. The SMILES string of the molecule is Cc1c(-c2ccccc2)oc2c(C(=O)NCCCn3ccnc3)cccc2c1=O. The molecule has 2 aromatic heterocycles. The number of imidazole rings is 1. The first-order chi connectivity index (χ1) is 14.1. The van der Waals surface area contributed by atoms with Gasteiger partial charge < -0.3 is 14.3 Å². The third kappa shape index (κ3) is 3.82. The standard InChI is InChI=1S/C23H21N3O3/c1-16-20(27)18-9-5-10-19(22(18)29-21(16)17-7-3-2-4-8-17)23(28)25-11-6-13-26-14-12-24-15-26/h2-5,7-10,12,14-15H,6,11,13H2,1H3,(H,25,28). The molecule has 29 heavy (non-hydrogen) atoms. The van der Waals surface area contributed by atoms with Crippen LogP contribution in [0.2, 0.25) is 0 Å². The molecule has 0 aliphatic carbocycles. The molecule has 4 aromatic rings. The Kier molecular flexibility index (Phi) is 5.24. The van der Waals surface area contributed by atoms with E-state index in [0.29, 0.717) is 34.4 Å². The quantitative estimate of drug-likeness (QED) is 0.511. The fraction of sp³-hybridized carbons (Fsp3) is 0.174. The largest absolute Gasteiger partial charge is 0.455 e. The second-order valence-electron chi connectivity index (χ2n) is 6.84. The average Bonchev–Trinajstić information content (AvgIpc) is 3.27. The third-order valence-corrected chi connectivity index (χ3v) is 4.86. The number of rotatable bonds is 6. The van der Waals surface area contributed by atoms with Crippen LogP contribution >= 0.6 is 0 Å². The number of aryl methyl sites for hydroxylation is 1. The van der Waals surface area contributed by atoms with Crippen molar-refractivity contribution in [1.82, 2.24) is 14.9 Å². The normalized spacial score (nSPS) is 10.9. The van der Waals surface area contributed by atoms with Gasteiger partial charge in [0, 0.05) is 36.6 Å². The van der Waals surface area contributed by atoms with Gasteiger partial charge in [-0.05, 0) is 25.5 Å². The van der Waals surface area contributed by atoms with Gasteiger partial charge in [0.25, 0.3) is 5.91 Å². The van der Waals surface area contributed by atoms with Crippen molar-refractivity contribution < 1.29 is 9.21 Å². The Morgan fingerprint density at radius 1 is 1.14 bits per heavy atom. The molecule has 2 heterocycles. The van der Waals surface area contributed by atoms with Crippen molar-refractivity contribution in [3.8, 4) is 11.3 Å². The lowest BCUT2D eigenvalue weighted by Gasteiger charge is -2.11. The van der Waals surface area contributed by atoms with Gasteiger partial charge in [-0.25, -0.2) is 4.98 Å². The number of benzene rings is 2. The predicted molar refractivity (Wildman–Crippen MR) is 112 cm³/mol. The molecule has 0 unspecified atom stereocenters. The Labute approximate surface area is 167 Å². The second-order valence-corrected chi connectivity index (χ2v) is 6.84.